The zero-order valence-corrected chi connectivity index (χ0v) is 11.9. The van der Waals surface area contributed by atoms with E-state index < -0.39 is 5.97 Å². The van der Waals surface area contributed by atoms with Gasteiger partial charge in [-0.1, -0.05) is 11.6 Å². The van der Waals surface area contributed by atoms with Crippen LogP contribution in [0.4, 0.5) is 5.69 Å². The van der Waals surface area contributed by atoms with Crippen LogP contribution in [0.1, 0.15) is 31.1 Å². The first-order chi connectivity index (χ1) is 8.69. The van der Waals surface area contributed by atoms with Crippen molar-refractivity contribution in [3.63, 3.8) is 0 Å². The highest BCUT2D eigenvalue weighted by Gasteiger charge is 2.17. The number of carbonyl (C=O) groups excluding carboxylic acids is 2. The van der Waals surface area contributed by atoms with Crippen molar-refractivity contribution in [3.8, 4) is 0 Å². The molecule has 0 aromatic heterocycles. The van der Waals surface area contributed by atoms with Crippen LogP contribution in [0.5, 0.6) is 0 Å². The maximum Gasteiger partial charge on any atom is 0.340 e. The minimum atomic E-state index is -0.679. The molecule has 1 rings (SSSR count). The van der Waals surface area contributed by atoms with Gasteiger partial charge in [-0.15, -0.1) is 0 Å². The summed E-state index contributed by atoms with van der Waals surface area (Å²) in [6, 6.07) is 4.49. The molecule has 0 heterocycles. The third-order valence-corrected chi connectivity index (χ3v) is 2.39. The maximum atomic E-state index is 11.7. The van der Waals surface area contributed by atoms with Gasteiger partial charge in [0.15, 0.2) is 6.61 Å². The first-order valence-corrected chi connectivity index (χ1v) is 6.10. The molecule has 0 saturated heterocycles. The number of anilines is 1. The lowest BCUT2D eigenvalue weighted by molar-refractivity contribution is -0.125. The van der Waals surface area contributed by atoms with Crippen molar-refractivity contribution in [2.45, 2.75) is 26.3 Å². The third-order valence-electron chi connectivity index (χ3n) is 2.06. The number of rotatable bonds is 3. The van der Waals surface area contributed by atoms with Gasteiger partial charge in [-0.2, -0.15) is 0 Å². The zero-order valence-electron chi connectivity index (χ0n) is 11.1. The van der Waals surface area contributed by atoms with Crippen molar-refractivity contribution < 1.29 is 14.3 Å². The normalized spacial score (nSPS) is 10.9. The molecular weight excluding hydrogens is 268 g/mol. The summed E-state index contributed by atoms with van der Waals surface area (Å²) < 4.78 is 4.88. The van der Waals surface area contributed by atoms with E-state index in [0.29, 0.717) is 5.69 Å². The van der Waals surface area contributed by atoms with Crippen LogP contribution in [0.3, 0.4) is 0 Å². The number of amides is 1. The molecule has 1 aromatic rings. The lowest BCUT2D eigenvalue weighted by Crippen LogP contribution is -2.42. The number of nitrogens with one attached hydrogen (secondary N) is 1. The quantitative estimate of drug-likeness (QED) is 0.657. The Bertz CT molecular complexity index is 495. The Morgan fingerprint density at radius 3 is 2.58 bits per heavy atom. The SMILES string of the molecule is CC(C)(C)NC(=O)COC(=O)c1cc(N)ccc1Cl. The molecule has 1 aromatic carbocycles. The number of nitrogens with two attached hydrogens (primary N) is 1. The summed E-state index contributed by atoms with van der Waals surface area (Å²) in [7, 11) is 0. The summed E-state index contributed by atoms with van der Waals surface area (Å²) in [6.45, 7) is 5.14. The fourth-order valence-electron chi connectivity index (χ4n) is 1.36. The lowest BCUT2D eigenvalue weighted by Gasteiger charge is -2.20. The molecule has 1 amide bonds. The lowest BCUT2D eigenvalue weighted by atomic mass is 10.1. The van der Waals surface area contributed by atoms with E-state index >= 15 is 0 Å². The highest BCUT2D eigenvalue weighted by molar-refractivity contribution is 6.33. The molecule has 0 aliphatic rings. The Morgan fingerprint density at radius 1 is 1.37 bits per heavy atom. The van der Waals surface area contributed by atoms with E-state index in [1.807, 2.05) is 20.8 Å². The van der Waals surface area contributed by atoms with Crippen LogP contribution in [0.2, 0.25) is 5.02 Å². The van der Waals surface area contributed by atoms with Gasteiger partial charge in [0.05, 0.1) is 10.6 Å². The number of benzene rings is 1. The van der Waals surface area contributed by atoms with E-state index in [-0.39, 0.29) is 28.6 Å². The van der Waals surface area contributed by atoms with Crippen LogP contribution in [0.25, 0.3) is 0 Å². The summed E-state index contributed by atoms with van der Waals surface area (Å²) in [5, 5.41) is 2.91. The van der Waals surface area contributed by atoms with E-state index in [1.54, 1.807) is 6.07 Å². The van der Waals surface area contributed by atoms with Crippen molar-refractivity contribution in [1.82, 2.24) is 5.32 Å². The standard InChI is InChI=1S/C13H17ClN2O3/c1-13(2,3)16-11(17)7-19-12(18)9-6-8(15)4-5-10(9)14/h4-6H,7,15H2,1-3H3,(H,16,17). The molecule has 0 bridgehead atoms. The van der Waals surface area contributed by atoms with Gasteiger partial charge in [0, 0.05) is 11.2 Å². The first kappa shape index (κ1) is 15.3. The summed E-state index contributed by atoms with van der Waals surface area (Å²) >= 11 is 5.86. The van der Waals surface area contributed by atoms with Gasteiger partial charge in [0.25, 0.3) is 5.91 Å². The molecule has 0 unspecified atom stereocenters. The van der Waals surface area contributed by atoms with Crippen LogP contribution >= 0.6 is 11.6 Å². The van der Waals surface area contributed by atoms with Gasteiger partial charge in [-0.25, -0.2) is 4.79 Å². The maximum absolute atomic E-state index is 11.7. The second-order valence-electron chi connectivity index (χ2n) is 5.11. The Hall–Kier alpha value is -1.75. The van der Waals surface area contributed by atoms with Crippen LogP contribution in [-0.2, 0) is 9.53 Å². The molecular formula is C13H17ClN2O3. The van der Waals surface area contributed by atoms with Gasteiger partial charge in [0.2, 0.25) is 0 Å². The van der Waals surface area contributed by atoms with Crippen molar-refractivity contribution in [1.29, 1.82) is 0 Å². The van der Waals surface area contributed by atoms with Crippen LogP contribution in [-0.4, -0.2) is 24.0 Å². The monoisotopic (exact) mass is 284 g/mol. The molecule has 0 radical (unpaired) electrons. The summed E-state index contributed by atoms with van der Waals surface area (Å²) in [5.74, 6) is -1.05. The van der Waals surface area contributed by atoms with Crippen molar-refractivity contribution in [2.75, 3.05) is 12.3 Å². The van der Waals surface area contributed by atoms with Gasteiger partial charge in [0.1, 0.15) is 0 Å². The largest absolute Gasteiger partial charge is 0.452 e. The molecule has 0 aliphatic heterocycles. The number of esters is 1. The number of ether oxygens (including phenoxy) is 1. The number of hydrogen-bond donors (Lipinski definition) is 2. The molecule has 0 spiro atoms. The van der Waals surface area contributed by atoms with Gasteiger partial charge in [-0.3, -0.25) is 4.79 Å². The molecule has 0 aliphatic carbocycles. The van der Waals surface area contributed by atoms with E-state index in [4.69, 9.17) is 22.1 Å². The minimum Gasteiger partial charge on any atom is -0.452 e. The molecule has 0 atom stereocenters. The van der Waals surface area contributed by atoms with E-state index in [9.17, 15) is 9.59 Å². The van der Waals surface area contributed by atoms with E-state index in [0.717, 1.165) is 0 Å². The number of nitrogen functional groups attached to an aromatic ring is 1. The third kappa shape index (κ3) is 5.18. The Kier molecular flexibility index (Phi) is 4.78. The van der Waals surface area contributed by atoms with Crippen molar-refractivity contribution in [3.05, 3.63) is 28.8 Å². The summed E-state index contributed by atoms with van der Waals surface area (Å²) in [4.78, 5) is 23.2. The molecule has 104 valence electrons. The number of carbonyl (C=O) groups is 2. The smallest absolute Gasteiger partial charge is 0.340 e. The Morgan fingerprint density at radius 2 is 2.00 bits per heavy atom. The number of halogens is 1. The average Bonchev–Trinajstić information content (AvgIpc) is 2.27. The predicted octanol–water partition coefficient (Wildman–Crippen LogP) is 1.99. The second-order valence-corrected chi connectivity index (χ2v) is 5.52. The minimum absolute atomic E-state index is 0.144. The summed E-state index contributed by atoms with van der Waals surface area (Å²) in [6.07, 6.45) is 0. The molecule has 6 heteroatoms. The Balaban J connectivity index is 2.61. The highest BCUT2D eigenvalue weighted by atomic mass is 35.5. The zero-order chi connectivity index (χ0) is 14.6. The predicted molar refractivity (Wildman–Crippen MR) is 74.0 cm³/mol. The van der Waals surface area contributed by atoms with Crippen molar-refractivity contribution >= 4 is 29.2 Å². The molecule has 0 saturated carbocycles. The Labute approximate surface area is 117 Å². The molecule has 5 nitrogen and oxygen atoms in total. The number of hydrogen-bond acceptors (Lipinski definition) is 4. The summed E-state index contributed by atoms with van der Waals surface area (Å²) in [5.41, 5.74) is 5.72. The van der Waals surface area contributed by atoms with Crippen LogP contribution in [0.15, 0.2) is 18.2 Å². The van der Waals surface area contributed by atoms with E-state index in [2.05, 4.69) is 5.32 Å². The molecule has 0 fully saturated rings. The van der Waals surface area contributed by atoms with Crippen LogP contribution in [0, 0.1) is 0 Å². The second kappa shape index (κ2) is 5.93. The van der Waals surface area contributed by atoms with Crippen LogP contribution < -0.4 is 11.1 Å². The van der Waals surface area contributed by atoms with E-state index in [1.165, 1.54) is 12.1 Å². The van der Waals surface area contributed by atoms with Gasteiger partial charge in [-0.05, 0) is 39.0 Å². The van der Waals surface area contributed by atoms with Gasteiger partial charge < -0.3 is 15.8 Å². The molecule has 3 N–H and O–H groups in total. The fourth-order valence-corrected chi connectivity index (χ4v) is 1.56. The first-order valence-electron chi connectivity index (χ1n) is 5.72. The topological polar surface area (TPSA) is 81.4 Å². The van der Waals surface area contributed by atoms with Gasteiger partial charge >= 0.3 is 5.97 Å². The van der Waals surface area contributed by atoms with Crippen molar-refractivity contribution in [2.24, 2.45) is 0 Å². The molecule has 19 heavy (non-hydrogen) atoms. The average molecular weight is 285 g/mol. The highest BCUT2D eigenvalue weighted by Crippen LogP contribution is 2.19. The fraction of sp³-hybridized carbons (Fsp3) is 0.385.